The molecule has 7 heteroatoms. The molecule has 0 aromatic carbocycles. The molecule has 0 aromatic heterocycles. The van der Waals surface area contributed by atoms with Gasteiger partial charge in [-0.15, -0.1) is 0 Å². The minimum atomic E-state index is -5.38. The van der Waals surface area contributed by atoms with Crippen LogP contribution in [0.5, 0.6) is 0 Å². The van der Waals surface area contributed by atoms with Crippen molar-refractivity contribution in [3.05, 3.63) is 0 Å². The van der Waals surface area contributed by atoms with Gasteiger partial charge in [0.2, 0.25) is 0 Å². The first-order valence-corrected chi connectivity index (χ1v) is 2.04. The average molecular weight is 168 g/mol. The van der Waals surface area contributed by atoms with Crippen LogP contribution in [-0.2, 0) is 4.74 Å². The Hall–Kier alpha value is -0.460. The van der Waals surface area contributed by atoms with Crippen LogP contribution in [0.25, 0.3) is 0 Å². The van der Waals surface area contributed by atoms with Crippen molar-refractivity contribution in [1.82, 2.24) is 0 Å². The lowest BCUT2D eigenvalue weighted by Crippen LogP contribution is -2.69. The van der Waals surface area contributed by atoms with Crippen LogP contribution in [-0.4, -0.2) is 18.1 Å². The van der Waals surface area contributed by atoms with Gasteiger partial charge in [-0.05, 0) is 0 Å². The van der Waals surface area contributed by atoms with Gasteiger partial charge in [-0.3, -0.25) is 0 Å². The highest BCUT2D eigenvalue weighted by Gasteiger charge is 2.87. The summed E-state index contributed by atoms with van der Waals surface area (Å²) >= 11 is 0. The summed E-state index contributed by atoms with van der Waals surface area (Å²) in [6.07, 6.45) is -10.1. The summed E-state index contributed by atoms with van der Waals surface area (Å²) in [6, 6.07) is 0. The highest BCUT2D eigenvalue weighted by atomic mass is 19.4. The zero-order valence-electron chi connectivity index (χ0n) is 4.18. The third kappa shape index (κ3) is 0.582. The molecule has 0 radical (unpaired) electrons. The Morgan fingerprint density at radius 3 is 1.10 bits per heavy atom. The van der Waals surface area contributed by atoms with E-state index < -0.39 is 18.1 Å². The SMILES string of the molecule is FC1(F)OC(F)(F)C1(F)F.[HH]. The molecule has 1 aliphatic heterocycles. The van der Waals surface area contributed by atoms with Gasteiger partial charge in [-0.1, -0.05) is 0 Å². The first kappa shape index (κ1) is 7.64. The Morgan fingerprint density at radius 2 is 1.10 bits per heavy atom. The molecule has 62 valence electrons. The van der Waals surface area contributed by atoms with Crippen molar-refractivity contribution in [2.24, 2.45) is 0 Å². The lowest BCUT2D eigenvalue weighted by molar-refractivity contribution is -0.583. The van der Waals surface area contributed by atoms with Crippen LogP contribution in [0.3, 0.4) is 0 Å². The predicted octanol–water partition coefficient (Wildman–Crippen LogP) is 2.08. The average Bonchev–Trinajstić information content (AvgIpc) is 1.61. The summed E-state index contributed by atoms with van der Waals surface area (Å²) in [7, 11) is 0. The van der Waals surface area contributed by atoms with Crippen LogP contribution >= 0.6 is 0 Å². The normalized spacial score (nSPS) is 33.0. The molecule has 0 N–H and O–H groups in total. The van der Waals surface area contributed by atoms with Gasteiger partial charge in [0.15, 0.2) is 0 Å². The second-order valence-corrected chi connectivity index (χ2v) is 1.71. The van der Waals surface area contributed by atoms with Crippen molar-refractivity contribution in [1.29, 1.82) is 0 Å². The van der Waals surface area contributed by atoms with Crippen LogP contribution in [0.1, 0.15) is 1.43 Å². The number of rotatable bonds is 0. The molecule has 1 aliphatic rings. The second kappa shape index (κ2) is 1.41. The molecule has 1 nitrogen and oxygen atoms in total. The summed E-state index contributed by atoms with van der Waals surface area (Å²) in [5.41, 5.74) is 0. The summed E-state index contributed by atoms with van der Waals surface area (Å²) in [5, 5.41) is 0. The van der Waals surface area contributed by atoms with E-state index in [-0.39, 0.29) is 1.43 Å². The number of halogens is 6. The van der Waals surface area contributed by atoms with E-state index in [1.807, 2.05) is 0 Å². The van der Waals surface area contributed by atoms with Gasteiger partial charge in [-0.2, -0.15) is 26.3 Å². The zero-order valence-corrected chi connectivity index (χ0v) is 4.18. The predicted molar refractivity (Wildman–Crippen MR) is 18.0 cm³/mol. The van der Waals surface area contributed by atoms with E-state index in [9.17, 15) is 26.3 Å². The fraction of sp³-hybridized carbons (Fsp3) is 1.00. The number of alkyl halides is 6. The van der Waals surface area contributed by atoms with Crippen molar-refractivity contribution in [3.63, 3.8) is 0 Å². The summed E-state index contributed by atoms with van der Waals surface area (Å²) in [5.74, 6) is -5.38. The van der Waals surface area contributed by atoms with Crippen LogP contribution in [0, 0.1) is 0 Å². The van der Waals surface area contributed by atoms with Gasteiger partial charge in [-0.25, -0.2) is 4.74 Å². The van der Waals surface area contributed by atoms with Crippen LogP contribution < -0.4 is 0 Å². The first-order chi connectivity index (χ1) is 4.21. The third-order valence-corrected chi connectivity index (χ3v) is 0.987. The van der Waals surface area contributed by atoms with E-state index in [4.69, 9.17) is 0 Å². The van der Waals surface area contributed by atoms with Gasteiger partial charge < -0.3 is 0 Å². The maximum absolute atomic E-state index is 11.5. The molecule has 1 heterocycles. The molecular weight excluding hydrogens is 166 g/mol. The quantitative estimate of drug-likeness (QED) is 0.503. The molecular formula is C3H2F6O. The van der Waals surface area contributed by atoms with Crippen molar-refractivity contribution in [2.75, 3.05) is 0 Å². The van der Waals surface area contributed by atoms with E-state index in [0.717, 1.165) is 0 Å². The van der Waals surface area contributed by atoms with Crippen LogP contribution in [0.2, 0.25) is 0 Å². The molecule has 0 aromatic rings. The van der Waals surface area contributed by atoms with Gasteiger partial charge in [0, 0.05) is 1.43 Å². The Labute approximate surface area is 52.1 Å². The van der Waals surface area contributed by atoms with Crippen LogP contribution in [0.15, 0.2) is 0 Å². The van der Waals surface area contributed by atoms with Gasteiger partial charge in [0.05, 0.1) is 0 Å². The summed E-state index contributed by atoms with van der Waals surface area (Å²) in [4.78, 5) is 0. The maximum atomic E-state index is 11.5. The minimum absolute atomic E-state index is 0. The fourth-order valence-electron chi connectivity index (χ4n) is 0.412. The van der Waals surface area contributed by atoms with E-state index in [2.05, 4.69) is 4.74 Å². The molecule has 0 amide bonds. The lowest BCUT2D eigenvalue weighted by Gasteiger charge is -2.41. The largest absolute Gasteiger partial charge is 0.433 e. The second-order valence-electron chi connectivity index (χ2n) is 1.71. The Morgan fingerprint density at radius 1 is 0.800 bits per heavy atom. The van der Waals surface area contributed by atoms with Gasteiger partial charge in [0.1, 0.15) is 0 Å². The zero-order chi connectivity index (χ0) is 8.21. The highest BCUT2D eigenvalue weighted by Crippen LogP contribution is 2.57. The molecule has 1 saturated heterocycles. The summed E-state index contributed by atoms with van der Waals surface area (Å²) in [6.45, 7) is 0. The molecule has 1 fully saturated rings. The van der Waals surface area contributed by atoms with Crippen molar-refractivity contribution in [2.45, 2.75) is 18.1 Å². The molecule has 0 bridgehead atoms. The Balaban J connectivity index is 0.000001000. The van der Waals surface area contributed by atoms with E-state index in [0.29, 0.717) is 0 Å². The van der Waals surface area contributed by atoms with Crippen molar-refractivity contribution in [3.8, 4) is 0 Å². The van der Waals surface area contributed by atoms with E-state index in [1.165, 1.54) is 0 Å². The molecule has 0 spiro atoms. The van der Waals surface area contributed by atoms with Crippen molar-refractivity contribution >= 4 is 0 Å². The monoisotopic (exact) mass is 168 g/mol. The topological polar surface area (TPSA) is 9.23 Å². The molecule has 10 heavy (non-hydrogen) atoms. The molecule has 0 saturated carbocycles. The standard InChI is InChI=1S/C3F6O.H2/c4-1(5)2(6,7)10-3(1,8)9;/h;1H. The minimum Gasteiger partial charge on any atom is -0.245 e. The molecule has 0 aliphatic carbocycles. The first-order valence-electron chi connectivity index (χ1n) is 2.04. The van der Waals surface area contributed by atoms with Gasteiger partial charge >= 0.3 is 18.1 Å². The number of hydrogen-bond donors (Lipinski definition) is 0. The lowest BCUT2D eigenvalue weighted by atomic mass is 10.2. The molecule has 0 unspecified atom stereocenters. The van der Waals surface area contributed by atoms with Crippen molar-refractivity contribution < 1.29 is 32.5 Å². The molecule has 1 rings (SSSR count). The molecule has 0 atom stereocenters. The Bertz CT molecular complexity index is 151. The number of hydrogen-bond acceptors (Lipinski definition) is 1. The van der Waals surface area contributed by atoms with Crippen LogP contribution in [0.4, 0.5) is 26.3 Å². The highest BCUT2D eigenvalue weighted by molar-refractivity contribution is 4.95. The fourth-order valence-corrected chi connectivity index (χ4v) is 0.412. The van der Waals surface area contributed by atoms with E-state index >= 15 is 0 Å². The number of ether oxygens (including phenoxy) is 1. The maximum Gasteiger partial charge on any atom is 0.433 e. The Kier molecular flexibility index (Phi) is 1.08. The van der Waals surface area contributed by atoms with E-state index in [1.54, 1.807) is 0 Å². The third-order valence-electron chi connectivity index (χ3n) is 0.987. The van der Waals surface area contributed by atoms with Gasteiger partial charge in [0.25, 0.3) is 0 Å². The summed E-state index contributed by atoms with van der Waals surface area (Å²) < 4.78 is 70.7. The smallest absolute Gasteiger partial charge is 0.245 e.